The van der Waals surface area contributed by atoms with Crippen molar-refractivity contribution in [3.05, 3.63) is 69.5 Å². The molecule has 0 atom stereocenters. The molecule has 1 aromatic heterocycles. The Kier molecular flexibility index (Phi) is 5.68. The summed E-state index contributed by atoms with van der Waals surface area (Å²) in [6.07, 6.45) is 2.00. The average Bonchev–Trinajstić information content (AvgIpc) is 3.05. The fraction of sp³-hybridized carbons (Fsp3) is 0.167. The molecule has 0 saturated carbocycles. The molecule has 0 fully saturated rings. The van der Waals surface area contributed by atoms with E-state index in [1.165, 1.54) is 6.21 Å². The standard InChI is InChI=1S/C18H15Cl2N3O2/c1-12-3-2-4-13(9-12)18-23-22-17(25-18)7-8-24-21-11-14-5-6-15(19)10-16(14)20/h2-6,9-11H,7-8H2,1H3/b21-11+. The van der Waals surface area contributed by atoms with Crippen molar-refractivity contribution in [1.82, 2.24) is 10.2 Å². The first-order chi connectivity index (χ1) is 12.1. The third-order valence-electron chi connectivity index (χ3n) is 3.37. The molecule has 3 rings (SSSR count). The predicted molar refractivity (Wildman–Crippen MR) is 98.2 cm³/mol. The molecular weight excluding hydrogens is 361 g/mol. The Morgan fingerprint density at radius 1 is 1.16 bits per heavy atom. The van der Waals surface area contributed by atoms with Crippen LogP contribution in [0.25, 0.3) is 11.5 Å². The van der Waals surface area contributed by atoms with Crippen molar-refractivity contribution in [2.75, 3.05) is 6.61 Å². The van der Waals surface area contributed by atoms with Gasteiger partial charge in [0.1, 0.15) is 6.61 Å². The number of halogens is 2. The van der Waals surface area contributed by atoms with Crippen molar-refractivity contribution in [3.63, 3.8) is 0 Å². The van der Waals surface area contributed by atoms with E-state index in [0.717, 1.165) is 16.7 Å². The van der Waals surface area contributed by atoms with E-state index in [4.69, 9.17) is 32.5 Å². The number of aromatic nitrogens is 2. The molecule has 0 bridgehead atoms. The summed E-state index contributed by atoms with van der Waals surface area (Å²) in [7, 11) is 0. The molecule has 2 aromatic carbocycles. The summed E-state index contributed by atoms with van der Waals surface area (Å²) in [5, 5.41) is 13.0. The minimum Gasteiger partial charge on any atom is -0.421 e. The first kappa shape index (κ1) is 17.5. The Labute approximate surface area is 155 Å². The molecule has 0 amide bonds. The number of rotatable bonds is 6. The molecule has 5 nitrogen and oxygen atoms in total. The highest BCUT2D eigenvalue weighted by Crippen LogP contribution is 2.20. The molecule has 0 saturated heterocycles. The monoisotopic (exact) mass is 375 g/mol. The van der Waals surface area contributed by atoms with Crippen LogP contribution in [0.3, 0.4) is 0 Å². The van der Waals surface area contributed by atoms with Gasteiger partial charge in [0, 0.05) is 16.1 Å². The highest BCUT2D eigenvalue weighted by atomic mass is 35.5. The topological polar surface area (TPSA) is 60.5 Å². The number of hydrogen-bond acceptors (Lipinski definition) is 5. The lowest BCUT2D eigenvalue weighted by Crippen LogP contribution is -1.95. The van der Waals surface area contributed by atoms with E-state index >= 15 is 0 Å². The van der Waals surface area contributed by atoms with Gasteiger partial charge >= 0.3 is 0 Å². The summed E-state index contributed by atoms with van der Waals surface area (Å²) in [6, 6.07) is 13.0. The Bertz CT molecular complexity index is 894. The van der Waals surface area contributed by atoms with Gasteiger partial charge in [0.2, 0.25) is 11.8 Å². The van der Waals surface area contributed by atoms with Gasteiger partial charge in [0.05, 0.1) is 17.7 Å². The molecule has 0 aliphatic carbocycles. The number of oxime groups is 1. The summed E-state index contributed by atoms with van der Waals surface area (Å²) in [5.74, 6) is 0.992. The van der Waals surface area contributed by atoms with Crippen molar-refractivity contribution >= 4 is 29.4 Å². The fourth-order valence-electron chi connectivity index (χ4n) is 2.14. The van der Waals surface area contributed by atoms with Gasteiger partial charge in [0.25, 0.3) is 0 Å². The molecule has 1 heterocycles. The highest BCUT2D eigenvalue weighted by Gasteiger charge is 2.08. The summed E-state index contributed by atoms with van der Waals surface area (Å²) < 4.78 is 5.63. The van der Waals surface area contributed by atoms with Crippen LogP contribution >= 0.6 is 23.2 Å². The average molecular weight is 376 g/mol. The lowest BCUT2D eigenvalue weighted by atomic mass is 10.1. The molecule has 25 heavy (non-hydrogen) atoms. The molecule has 3 aromatic rings. The number of aryl methyl sites for hydroxylation is 1. The van der Waals surface area contributed by atoms with Gasteiger partial charge < -0.3 is 9.25 Å². The predicted octanol–water partition coefficient (Wildman–Crippen LogP) is 4.95. The molecule has 7 heteroatoms. The van der Waals surface area contributed by atoms with Crippen molar-refractivity contribution < 1.29 is 9.25 Å². The number of nitrogens with zero attached hydrogens (tertiary/aromatic N) is 3. The van der Waals surface area contributed by atoms with E-state index in [1.807, 2.05) is 31.2 Å². The second kappa shape index (κ2) is 8.14. The van der Waals surface area contributed by atoms with Crippen molar-refractivity contribution in [2.45, 2.75) is 13.3 Å². The molecule has 0 radical (unpaired) electrons. The van der Waals surface area contributed by atoms with Crippen molar-refractivity contribution in [2.24, 2.45) is 5.16 Å². The maximum atomic E-state index is 6.05. The second-order valence-corrected chi connectivity index (χ2v) is 6.20. The van der Waals surface area contributed by atoms with E-state index in [1.54, 1.807) is 18.2 Å². The smallest absolute Gasteiger partial charge is 0.247 e. The zero-order chi connectivity index (χ0) is 17.6. The van der Waals surface area contributed by atoms with Crippen LogP contribution in [0.15, 0.2) is 52.0 Å². The van der Waals surface area contributed by atoms with Crippen molar-refractivity contribution in [1.29, 1.82) is 0 Å². The Balaban J connectivity index is 1.52. The number of hydrogen-bond donors (Lipinski definition) is 0. The van der Waals surface area contributed by atoms with Crippen LogP contribution in [0.4, 0.5) is 0 Å². The van der Waals surface area contributed by atoms with Gasteiger partial charge in [-0.1, -0.05) is 52.1 Å². The Hall–Kier alpha value is -2.37. The lowest BCUT2D eigenvalue weighted by molar-refractivity contribution is 0.144. The van der Waals surface area contributed by atoms with Crippen LogP contribution in [0, 0.1) is 6.92 Å². The van der Waals surface area contributed by atoms with E-state index < -0.39 is 0 Å². The van der Waals surface area contributed by atoms with E-state index in [-0.39, 0.29) is 0 Å². The molecule has 0 aliphatic rings. The first-order valence-electron chi connectivity index (χ1n) is 7.61. The second-order valence-electron chi connectivity index (χ2n) is 5.35. The minimum atomic E-state index is 0.317. The quantitative estimate of drug-likeness (QED) is 0.347. The summed E-state index contributed by atoms with van der Waals surface area (Å²) >= 11 is 11.9. The van der Waals surface area contributed by atoms with Gasteiger partial charge in [-0.3, -0.25) is 0 Å². The third-order valence-corrected chi connectivity index (χ3v) is 3.93. The maximum Gasteiger partial charge on any atom is 0.247 e. The van der Waals surface area contributed by atoms with Crippen LogP contribution in [0.1, 0.15) is 17.0 Å². The van der Waals surface area contributed by atoms with Crippen LogP contribution in [-0.4, -0.2) is 23.0 Å². The summed E-state index contributed by atoms with van der Waals surface area (Å²) in [4.78, 5) is 5.21. The van der Waals surface area contributed by atoms with E-state index in [0.29, 0.717) is 34.9 Å². The van der Waals surface area contributed by atoms with Crippen LogP contribution < -0.4 is 0 Å². The Morgan fingerprint density at radius 3 is 2.84 bits per heavy atom. The van der Waals surface area contributed by atoms with Gasteiger partial charge in [0.15, 0.2) is 0 Å². The molecule has 0 unspecified atom stereocenters. The fourth-order valence-corrected chi connectivity index (χ4v) is 2.59. The van der Waals surface area contributed by atoms with Crippen molar-refractivity contribution in [3.8, 4) is 11.5 Å². The first-order valence-corrected chi connectivity index (χ1v) is 8.37. The largest absolute Gasteiger partial charge is 0.421 e. The number of benzene rings is 2. The SMILES string of the molecule is Cc1cccc(-c2nnc(CCO/N=C/c3ccc(Cl)cc3Cl)o2)c1. The molecule has 0 aliphatic heterocycles. The molecule has 0 N–H and O–H groups in total. The third kappa shape index (κ3) is 4.81. The van der Waals surface area contributed by atoms with Crippen LogP contribution in [-0.2, 0) is 11.3 Å². The van der Waals surface area contributed by atoms with Gasteiger partial charge in [-0.2, -0.15) is 0 Å². The zero-order valence-corrected chi connectivity index (χ0v) is 15.0. The molecule has 128 valence electrons. The lowest BCUT2D eigenvalue weighted by Gasteiger charge is -1.99. The van der Waals surface area contributed by atoms with Crippen LogP contribution in [0.5, 0.6) is 0 Å². The van der Waals surface area contributed by atoms with Crippen LogP contribution in [0.2, 0.25) is 10.0 Å². The van der Waals surface area contributed by atoms with E-state index in [2.05, 4.69) is 15.4 Å². The van der Waals surface area contributed by atoms with Gasteiger partial charge in [-0.05, 0) is 31.2 Å². The van der Waals surface area contributed by atoms with Gasteiger partial charge in [-0.25, -0.2) is 0 Å². The maximum absolute atomic E-state index is 6.05. The minimum absolute atomic E-state index is 0.317. The summed E-state index contributed by atoms with van der Waals surface area (Å²) in [6.45, 7) is 2.33. The Morgan fingerprint density at radius 2 is 2.04 bits per heavy atom. The molecular formula is C18H15Cl2N3O2. The van der Waals surface area contributed by atoms with E-state index in [9.17, 15) is 0 Å². The van der Waals surface area contributed by atoms with Gasteiger partial charge in [-0.15, -0.1) is 10.2 Å². The normalized spacial score (nSPS) is 11.2. The molecule has 0 spiro atoms. The highest BCUT2D eigenvalue weighted by molar-refractivity contribution is 6.36. The zero-order valence-electron chi connectivity index (χ0n) is 13.4. The summed E-state index contributed by atoms with van der Waals surface area (Å²) in [5.41, 5.74) is 2.76.